The van der Waals surface area contributed by atoms with E-state index in [1.807, 2.05) is 18.7 Å². The smallest absolute Gasteiger partial charge is 0.158 e. The molecule has 2 aromatic heterocycles. The highest BCUT2D eigenvalue weighted by atomic mass is 79.9. The quantitative estimate of drug-likeness (QED) is 0.948. The Hall–Kier alpha value is -1.20. The molecule has 4 nitrogen and oxygen atoms in total. The third-order valence-electron chi connectivity index (χ3n) is 3.13. The number of hydrogen-bond acceptors (Lipinski definition) is 3. The minimum absolute atomic E-state index is 0.763. The molecule has 0 unspecified atom stereocenters. The second-order valence-corrected chi connectivity index (χ2v) is 5.29. The highest BCUT2D eigenvalue weighted by Gasteiger charge is 2.13. The molecule has 5 heteroatoms. The van der Waals surface area contributed by atoms with Crippen molar-refractivity contribution in [3.63, 3.8) is 0 Å². The summed E-state index contributed by atoms with van der Waals surface area (Å²) < 4.78 is 2.90. The Bertz CT molecular complexity index is 575. The average Bonchev–Trinajstić information content (AvgIpc) is 2.58. The van der Waals surface area contributed by atoms with Crippen molar-refractivity contribution in [2.75, 3.05) is 7.05 Å². The van der Waals surface area contributed by atoms with Crippen LogP contribution in [-0.2, 0) is 6.54 Å². The summed E-state index contributed by atoms with van der Waals surface area (Å²) in [6.45, 7) is 6.95. The van der Waals surface area contributed by atoms with Crippen LogP contribution >= 0.6 is 15.9 Å². The molecule has 0 atom stereocenters. The fraction of sp³-hybridized carbons (Fsp3) is 0.385. The van der Waals surface area contributed by atoms with Gasteiger partial charge in [0.25, 0.3) is 0 Å². The average molecular weight is 309 g/mol. The van der Waals surface area contributed by atoms with Crippen LogP contribution in [0, 0.1) is 20.8 Å². The van der Waals surface area contributed by atoms with Gasteiger partial charge >= 0.3 is 0 Å². The number of aromatic nitrogens is 3. The van der Waals surface area contributed by atoms with E-state index in [9.17, 15) is 0 Å². The normalized spacial score (nSPS) is 10.9. The largest absolute Gasteiger partial charge is 0.316 e. The summed E-state index contributed by atoms with van der Waals surface area (Å²) in [4.78, 5) is 4.50. The van der Waals surface area contributed by atoms with Crippen molar-refractivity contribution in [3.05, 3.63) is 39.3 Å². The number of aryl methyl sites for hydroxylation is 1. The standard InChI is InChI=1S/C13H17BrN4/c1-8-9(2)17-18(10(8)3)13-11(6-15-4)5-12(14)7-16-13/h5,7,15H,6H2,1-4H3. The molecule has 0 bridgehead atoms. The maximum atomic E-state index is 4.56. The van der Waals surface area contributed by atoms with Crippen LogP contribution in [0.2, 0.25) is 0 Å². The SMILES string of the molecule is CNCc1cc(Br)cnc1-n1nc(C)c(C)c1C. The van der Waals surface area contributed by atoms with Gasteiger partial charge in [-0.2, -0.15) is 5.10 Å². The first-order chi connectivity index (χ1) is 8.54. The van der Waals surface area contributed by atoms with E-state index in [-0.39, 0.29) is 0 Å². The van der Waals surface area contributed by atoms with Gasteiger partial charge in [-0.05, 0) is 55.4 Å². The van der Waals surface area contributed by atoms with Crippen molar-refractivity contribution in [1.82, 2.24) is 20.1 Å². The molecule has 2 rings (SSSR count). The topological polar surface area (TPSA) is 42.7 Å². The van der Waals surface area contributed by atoms with Crippen molar-refractivity contribution >= 4 is 15.9 Å². The van der Waals surface area contributed by atoms with Gasteiger partial charge in [0.2, 0.25) is 0 Å². The van der Waals surface area contributed by atoms with E-state index in [2.05, 4.69) is 51.2 Å². The second-order valence-electron chi connectivity index (χ2n) is 4.37. The van der Waals surface area contributed by atoms with Gasteiger partial charge in [0.15, 0.2) is 5.82 Å². The lowest BCUT2D eigenvalue weighted by Gasteiger charge is -2.10. The molecule has 0 aromatic carbocycles. The number of pyridine rings is 1. The highest BCUT2D eigenvalue weighted by molar-refractivity contribution is 9.10. The number of nitrogens with one attached hydrogen (secondary N) is 1. The number of rotatable bonds is 3. The van der Waals surface area contributed by atoms with E-state index >= 15 is 0 Å². The second kappa shape index (κ2) is 5.20. The van der Waals surface area contributed by atoms with E-state index in [0.29, 0.717) is 0 Å². The fourth-order valence-electron chi connectivity index (χ4n) is 1.91. The Morgan fingerprint density at radius 2 is 2.06 bits per heavy atom. The van der Waals surface area contributed by atoms with Gasteiger partial charge in [0, 0.05) is 28.5 Å². The molecular weight excluding hydrogens is 292 g/mol. The Labute approximate surface area is 116 Å². The highest BCUT2D eigenvalue weighted by Crippen LogP contribution is 2.21. The molecule has 0 radical (unpaired) electrons. The number of halogens is 1. The molecule has 0 fully saturated rings. The van der Waals surface area contributed by atoms with Gasteiger partial charge in [0.1, 0.15) is 0 Å². The third kappa shape index (κ3) is 2.33. The van der Waals surface area contributed by atoms with Gasteiger partial charge in [0.05, 0.1) is 5.69 Å². The van der Waals surface area contributed by atoms with Crippen molar-refractivity contribution in [2.24, 2.45) is 0 Å². The van der Waals surface area contributed by atoms with Crippen LogP contribution in [0.15, 0.2) is 16.7 Å². The van der Waals surface area contributed by atoms with Gasteiger partial charge in [-0.15, -0.1) is 0 Å². The first-order valence-corrected chi connectivity index (χ1v) is 6.66. The molecule has 2 heterocycles. The zero-order valence-electron chi connectivity index (χ0n) is 11.1. The molecule has 0 amide bonds. The van der Waals surface area contributed by atoms with E-state index in [1.54, 1.807) is 6.20 Å². The Kier molecular flexibility index (Phi) is 3.82. The van der Waals surface area contributed by atoms with Crippen molar-refractivity contribution < 1.29 is 0 Å². The van der Waals surface area contributed by atoms with Gasteiger partial charge in [-0.1, -0.05) is 0 Å². The van der Waals surface area contributed by atoms with E-state index in [0.717, 1.165) is 33.8 Å². The van der Waals surface area contributed by atoms with Crippen LogP contribution in [0.5, 0.6) is 0 Å². The summed E-state index contributed by atoms with van der Waals surface area (Å²) in [6, 6.07) is 2.07. The number of hydrogen-bond donors (Lipinski definition) is 1. The van der Waals surface area contributed by atoms with Crippen LogP contribution in [0.3, 0.4) is 0 Å². The molecule has 18 heavy (non-hydrogen) atoms. The van der Waals surface area contributed by atoms with Gasteiger partial charge < -0.3 is 5.32 Å². The lowest BCUT2D eigenvalue weighted by molar-refractivity contribution is 0.753. The predicted molar refractivity (Wildman–Crippen MR) is 76.0 cm³/mol. The van der Waals surface area contributed by atoms with E-state index in [4.69, 9.17) is 0 Å². The summed E-state index contributed by atoms with van der Waals surface area (Å²) in [5.41, 5.74) is 4.53. The summed E-state index contributed by atoms with van der Waals surface area (Å²) >= 11 is 3.46. The lowest BCUT2D eigenvalue weighted by atomic mass is 10.2. The van der Waals surface area contributed by atoms with Crippen LogP contribution in [0.25, 0.3) is 5.82 Å². The monoisotopic (exact) mass is 308 g/mol. The summed E-state index contributed by atoms with van der Waals surface area (Å²) in [7, 11) is 1.93. The Balaban J connectivity index is 2.59. The Morgan fingerprint density at radius 1 is 1.33 bits per heavy atom. The van der Waals surface area contributed by atoms with Gasteiger partial charge in [-0.25, -0.2) is 9.67 Å². The molecule has 0 saturated carbocycles. The molecule has 2 aromatic rings. The summed E-state index contributed by atoms with van der Waals surface area (Å²) in [6.07, 6.45) is 1.81. The minimum atomic E-state index is 0.763. The molecular formula is C13H17BrN4. The molecule has 96 valence electrons. The van der Waals surface area contributed by atoms with Crippen LogP contribution in [0.1, 0.15) is 22.5 Å². The zero-order valence-corrected chi connectivity index (χ0v) is 12.7. The van der Waals surface area contributed by atoms with Crippen molar-refractivity contribution in [1.29, 1.82) is 0 Å². The fourth-order valence-corrected chi connectivity index (χ4v) is 2.29. The van der Waals surface area contributed by atoms with Crippen LogP contribution < -0.4 is 5.32 Å². The lowest BCUT2D eigenvalue weighted by Crippen LogP contribution is -2.12. The van der Waals surface area contributed by atoms with Gasteiger partial charge in [-0.3, -0.25) is 0 Å². The third-order valence-corrected chi connectivity index (χ3v) is 3.56. The zero-order chi connectivity index (χ0) is 13.3. The molecule has 0 spiro atoms. The van der Waals surface area contributed by atoms with Crippen LogP contribution in [-0.4, -0.2) is 21.8 Å². The molecule has 0 aliphatic heterocycles. The maximum Gasteiger partial charge on any atom is 0.158 e. The van der Waals surface area contributed by atoms with E-state index < -0.39 is 0 Å². The molecule has 0 saturated heterocycles. The maximum absolute atomic E-state index is 4.56. The van der Waals surface area contributed by atoms with E-state index in [1.165, 1.54) is 5.56 Å². The molecule has 0 aliphatic rings. The summed E-state index contributed by atoms with van der Waals surface area (Å²) in [5, 5.41) is 7.72. The van der Waals surface area contributed by atoms with Crippen molar-refractivity contribution in [3.8, 4) is 5.82 Å². The molecule has 0 aliphatic carbocycles. The van der Waals surface area contributed by atoms with Crippen LogP contribution in [0.4, 0.5) is 0 Å². The van der Waals surface area contributed by atoms with Crippen molar-refractivity contribution in [2.45, 2.75) is 27.3 Å². The first-order valence-electron chi connectivity index (χ1n) is 5.86. The Morgan fingerprint density at radius 3 is 2.61 bits per heavy atom. The first kappa shape index (κ1) is 13.2. The number of nitrogens with zero attached hydrogens (tertiary/aromatic N) is 3. The minimum Gasteiger partial charge on any atom is -0.316 e. The summed E-state index contributed by atoms with van der Waals surface area (Å²) in [5.74, 6) is 0.890. The predicted octanol–water partition coefficient (Wildman–Crippen LogP) is 2.67. The molecule has 1 N–H and O–H groups in total.